The number of carbonyl (C=O) groups excluding carboxylic acids is 3. The average Bonchev–Trinajstić information content (AvgIpc) is 3.29. The zero-order valence-electron chi connectivity index (χ0n) is 18.2. The summed E-state index contributed by atoms with van der Waals surface area (Å²) in [6, 6.07) is 5.18. The number of carbonyl (C=O) groups is 3. The molecule has 2 aromatic rings. The molecule has 8 nitrogen and oxygen atoms in total. The average molecular weight is 510 g/mol. The van der Waals surface area contributed by atoms with Crippen molar-refractivity contribution in [2.24, 2.45) is 5.92 Å². The SMILES string of the molecule is CC(=O)N1CCN(C(=O)C2CCCN(C(=O)c3csc(Nc4ccc(Cl)c(Cl)c4)n3)C2)CC1. The maximum atomic E-state index is 13.1. The summed E-state index contributed by atoms with van der Waals surface area (Å²) in [7, 11) is 0. The van der Waals surface area contributed by atoms with Gasteiger partial charge >= 0.3 is 0 Å². The molecule has 1 atom stereocenters. The van der Waals surface area contributed by atoms with Gasteiger partial charge in [-0.25, -0.2) is 4.98 Å². The third kappa shape index (κ3) is 5.59. The van der Waals surface area contributed by atoms with Gasteiger partial charge in [-0.1, -0.05) is 23.2 Å². The Morgan fingerprint density at radius 2 is 1.76 bits per heavy atom. The lowest BCUT2D eigenvalue weighted by Gasteiger charge is -2.38. The summed E-state index contributed by atoms with van der Waals surface area (Å²) in [5.41, 5.74) is 1.08. The first kappa shape index (κ1) is 23.8. The highest BCUT2D eigenvalue weighted by Crippen LogP contribution is 2.29. The number of likely N-dealkylation sites (tertiary alicyclic amines) is 1. The first-order valence-corrected chi connectivity index (χ1v) is 12.5. The van der Waals surface area contributed by atoms with Crippen LogP contribution in [0, 0.1) is 5.92 Å². The number of aromatic nitrogens is 1. The van der Waals surface area contributed by atoms with Gasteiger partial charge in [0.05, 0.1) is 16.0 Å². The Kier molecular flexibility index (Phi) is 7.41. The maximum absolute atomic E-state index is 13.1. The van der Waals surface area contributed by atoms with E-state index in [0.717, 1.165) is 18.5 Å². The van der Waals surface area contributed by atoms with Crippen LogP contribution < -0.4 is 5.32 Å². The minimum Gasteiger partial charge on any atom is -0.339 e. The molecule has 33 heavy (non-hydrogen) atoms. The van der Waals surface area contributed by atoms with Crippen LogP contribution in [0.1, 0.15) is 30.3 Å². The summed E-state index contributed by atoms with van der Waals surface area (Å²) in [5, 5.41) is 6.32. The Labute approximate surface area is 206 Å². The minimum absolute atomic E-state index is 0.0350. The maximum Gasteiger partial charge on any atom is 0.273 e. The van der Waals surface area contributed by atoms with Crippen molar-refractivity contribution in [2.75, 3.05) is 44.6 Å². The summed E-state index contributed by atoms with van der Waals surface area (Å²) in [5.74, 6) is -0.296. The zero-order valence-corrected chi connectivity index (χ0v) is 20.5. The van der Waals surface area contributed by atoms with Gasteiger partial charge in [0, 0.05) is 57.3 Å². The lowest BCUT2D eigenvalue weighted by atomic mass is 9.96. The first-order chi connectivity index (χ1) is 15.8. The number of halogens is 2. The number of benzene rings is 1. The number of nitrogens with zero attached hydrogens (tertiary/aromatic N) is 4. The molecular formula is C22H25Cl2N5O3S. The summed E-state index contributed by atoms with van der Waals surface area (Å²) in [6.45, 7) is 4.74. The van der Waals surface area contributed by atoms with Crippen LogP contribution in [0.2, 0.25) is 10.0 Å². The molecule has 1 N–H and O–H groups in total. The molecule has 2 fully saturated rings. The van der Waals surface area contributed by atoms with Gasteiger partial charge in [0.1, 0.15) is 5.69 Å². The van der Waals surface area contributed by atoms with Gasteiger partial charge in [-0.15, -0.1) is 11.3 Å². The second kappa shape index (κ2) is 10.3. The Morgan fingerprint density at radius 1 is 1.03 bits per heavy atom. The Hall–Kier alpha value is -2.36. The van der Waals surface area contributed by atoms with Gasteiger partial charge in [-0.2, -0.15) is 0 Å². The van der Waals surface area contributed by atoms with Crippen LogP contribution in [-0.2, 0) is 9.59 Å². The molecule has 1 aromatic carbocycles. The number of piperidine rings is 1. The molecule has 0 radical (unpaired) electrons. The van der Waals surface area contributed by atoms with Crippen molar-refractivity contribution < 1.29 is 14.4 Å². The Bertz CT molecular complexity index is 1050. The highest BCUT2D eigenvalue weighted by Gasteiger charge is 2.33. The van der Waals surface area contributed by atoms with Gasteiger partial charge in [0.15, 0.2) is 5.13 Å². The zero-order chi connectivity index (χ0) is 23.5. The number of hydrogen-bond donors (Lipinski definition) is 1. The van der Waals surface area contributed by atoms with Crippen LogP contribution in [0.15, 0.2) is 23.6 Å². The smallest absolute Gasteiger partial charge is 0.273 e. The normalized spacial score (nSPS) is 18.9. The molecule has 0 saturated carbocycles. The highest BCUT2D eigenvalue weighted by atomic mass is 35.5. The number of rotatable bonds is 4. The fourth-order valence-corrected chi connectivity index (χ4v) is 5.15. The van der Waals surface area contributed by atoms with E-state index >= 15 is 0 Å². The molecule has 2 aliphatic rings. The molecule has 0 spiro atoms. The number of piperazine rings is 1. The molecule has 11 heteroatoms. The molecule has 0 aliphatic carbocycles. The molecule has 1 aromatic heterocycles. The van der Waals surface area contributed by atoms with Gasteiger partial charge in [0.25, 0.3) is 5.91 Å². The lowest BCUT2D eigenvalue weighted by Crippen LogP contribution is -2.53. The fraction of sp³-hybridized carbons (Fsp3) is 0.455. The molecular weight excluding hydrogens is 485 g/mol. The predicted octanol–water partition coefficient (Wildman–Crippen LogP) is 3.74. The number of amides is 3. The van der Waals surface area contributed by atoms with Crippen LogP contribution in [0.4, 0.5) is 10.8 Å². The van der Waals surface area contributed by atoms with E-state index in [2.05, 4.69) is 10.3 Å². The van der Waals surface area contributed by atoms with Gasteiger partial charge in [-0.3, -0.25) is 14.4 Å². The van der Waals surface area contributed by atoms with E-state index in [1.54, 1.807) is 40.3 Å². The van der Waals surface area contributed by atoms with Crippen molar-refractivity contribution in [3.8, 4) is 0 Å². The second-order valence-electron chi connectivity index (χ2n) is 8.21. The molecule has 176 valence electrons. The van der Waals surface area contributed by atoms with E-state index < -0.39 is 0 Å². The lowest BCUT2D eigenvalue weighted by molar-refractivity contribution is -0.142. The van der Waals surface area contributed by atoms with E-state index in [1.807, 2.05) is 4.90 Å². The quantitative estimate of drug-likeness (QED) is 0.678. The third-order valence-corrected chi connectivity index (χ3v) is 7.49. The number of hydrogen-bond acceptors (Lipinski definition) is 6. The molecule has 0 bridgehead atoms. The topological polar surface area (TPSA) is 85.9 Å². The molecule has 4 rings (SSSR count). The van der Waals surface area contributed by atoms with E-state index in [1.165, 1.54) is 11.3 Å². The predicted molar refractivity (Wildman–Crippen MR) is 129 cm³/mol. The molecule has 3 amide bonds. The van der Waals surface area contributed by atoms with Gasteiger partial charge in [0.2, 0.25) is 11.8 Å². The van der Waals surface area contributed by atoms with E-state index in [0.29, 0.717) is 60.1 Å². The highest BCUT2D eigenvalue weighted by molar-refractivity contribution is 7.14. The van der Waals surface area contributed by atoms with E-state index in [9.17, 15) is 14.4 Å². The van der Waals surface area contributed by atoms with Crippen LogP contribution in [0.25, 0.3) is 0 Å². The van der Waals surface area contributed by atoms with Crippen molar-refractivity contribution in [1.82, 2.24) is 19.7 Å². The van der Waals surface area contributed by atoms with Gasteiger partial charge in [-0.05, 0) is 31.0 Å². The van der Waals surface area contributed by atoms with Crippen LogP contribution in [0.3, 0.4) is 0 Å². The first-order valence-electron chi connectivity index (χ1n) is 10.8. The van der Waals surface area contributed by atoms with Gasteiger partial charge < -0.3 is 20.0 Å². The second-order valence-corrected chi connectivity index (χ2v) is 9.89. The van der Waals surface area contributed by atoms with Crippen LogP contribution >= 0.6 is 34.5 Å². The van der Waals surface area contributed by atoms with Crippen molar-refractivity contribution in [2.45, 2.75) is 19.8 Å². The standard InChI is InChI=1S/C22H25Cl2N5O3S/c1-14(30)27-7-9-28(10-8-27)20(31)15-3-2-6-29(12-15)21(32)19-13-33-22(26-19)25-16-4-5-17(23)18(24)11-16/h4-5,11,13,15H,2-3,6-10,12H2,1H3,(H,25,26). The van der Waals surface area contributed by atoms with Crippen molar-refractivity contribution in [3.05, 3.63) is 39.3 Å². The number of thiazole rings is 1. The van der Waals surface area contributed by atoms with Crippen molar-refractivity contribution >= 4 is 63.1 Å². The molecule has 2 saturated heterocycles. The van der Waals surface area contributed by atoms with Crippen molar-refractivity contribution in [3.63, 3.8) is 0 Å². The number of nitrogens with one attached hydrogen (secondary N) is 1. The third-order valence-electron chi connectivity index (χ3n) is 5.99. The Morgan fingerprint density at radius 3 is 2.45 bits per heavy atom. The molecule has 2 aliphatic heterocycles. The van der Waals surface area contributed by atoms with Crippen LogP contribution in [0.5, 0.6) is 0 Å². The minimum atomic E-state index is -0.223. The monoisotopic (exact) mass is 509 g/mol. The summed E-state index contributed by atoms with van der Waals surface area (Å²) in [4.78, 5) is 47.3. The summed E-state index contributed by atoms with van der Waals surface area (Å²) >= 11 is 13.3. The molecule has 3 heterocycles. The Balaban J connectivity index is 1.35. The summed E-state index contributed by atoms with van der Waals surface area (Å²) in [6.07, 6.45) is 1.53. The largest absolute Gasteiger partial charge is 0.339 e. The number of anilines is 2. The van der Waals surface area contributed by atoms with E-state index in [-0.39, 0.29) is 23.6 Å². The van der Waals surface area contributed by atoms with E-state index in [4.69, 9.17) is 23.2 Å². The summed E-state index contributed by atoms with van der Waals surface area (Å²) < 4.78 is 0. The fourth-order valence-electron chi connectivity index (χ4n) is 4.15. The molecule has 1 unspecified atom stereocenters. The van der Waals surface area contributed by atoms with Crippen LogP contribution in [-0.4, -0.2) is 76.7 Å². The van der Waals surface area contributed by atoms with Crippen molar-refractivity contribution in [1.29, 1.82) is 0 Å².